The molecule has 1 saturated heterocycles. The number of aryl methyl sites for hydroxylation is 1. The summed E-state index contributed by atoms with van der Waals surface area (Å²) in [7, 11) is 0. The van der Waals surface area contributed by atoms with Gasteiger partial charge in [-0.25, -0.2) is 4.98 Å². The summed E-state index contributed by atoms with van der Waals surface area (Å²) in [5.74, 6) is 0.0458. The number of aromatic nitrogens is 3. The monoisotopic (exact) mass is 361 g/mol. The van der Waals surface area contributed by atoms with Gasteiger partial charge in [0, 0.05) is 50.0 Å². The number of benzene rings is 1. The first-order valence-electron chi connectivity index (χ1n) is 9.24. The van der Waals surface area contributed by atoms with Gasteiger partial charge in [-0.05, 0) is 18.6 Å². The molecule has 0 spiro atoms. The summed E-state index contributed by atoms with van der Waals surface area (Å²) >= 11 is 0. The highest BCUT2D eigenvalue weighted by molar-refractivity contribution is 5.97. The van der Waals surface area contributed by atoms with Gasteiger partial charge >= 0.3 is 0 Å². The number of carbonyl (C=O) groups excluding carboxylic acids is 1. The van der Waals surface area contributed by atoms with Gasteiger partial charge in [-0.2, -0.15) is 5.10 Å². The Morgan fingerprint density at radius 2 is 1.96 bits per heavy atom. The smallest absolute Gasteiger partial charge is 0.255 e. The molecule has 0 radical (unpaired) electrons. The quantitative estimate of drug-likeness (QED) is 0.776. The molecule has 1 aromatic carbocycles. The van der Waals surface area contributed by atoms with Crippen molar-refractivity contribution in [1.29, 1.82) is 0 Å². The third kappa shape index (κ3) is 3.90. The summed E-state index contributed by atoms with van der Waals surface area (Å²) < 4.78 is 0. The Morgan fingerprint density at radius 1 is 1.19 bits per heavy atom. The van der Waals surface area contributed by atoms with E-state index >= 15 is 0 Å². The molecule has 3 heterocycles. The molecular weight excluding hydrogens is 338 g/mol. The number of hydrogen-bond donors (Lipinski definition) is 1. The predicted octanol–water partition coefficient (Wildman–Crippen LogP) is 2.74. The maximum Gasteiger partial charge on any atom is 0.255 e. The van der Waals surface area contributed by atoms with E-state index in [1.54, 1.807) is 6.20 Å². The first-order chi connectivity index (χ1) is 13.2. The molecule has 6 heteroatoms. The van der Waals surface area contributed by atoms with E-state index in [4.69, 9.17) is 0 Å². The van der Waals surface area contributed by atoms with Gasteiger partial charge in [0.2, 0.25) is 0 Å². The highest BCUT2D eigenvalue weighted by Gasteiger charge is 2.22. The number of rotatable bonds is 4. The molecule has 27 heavy (non-hydrogen) atoms. The fraction of sp³-hybridized carbons (Fsp3) is 0.286. The maximum atomic E-state index is 12.8. The van der Waals surface area contributed by atoms with Gasteiger partial charge in [0.1, 0.15) is 0 Å². The first-order valence-corrected chi connectivity index (χ1v) is 9.24. The van der Waals surface area contributed by atoms with Gasteiger partial charge in [0.15, 0.2) is 5.65 Å². The van der Waals surface area contributed by atoms with Crippen LogP contribution in [0, 0.1) is 6.92 Å². The third-order valence-corrected chi connectivity index (χ3v) is 4.98. The molecule has 0 atom stereocenters. The second-order valence-electron chi connectivity index (χ2n) is 6.85. The number of fused-ring (bicyclic) bond motifs is 1. The van der Waals surface area contributed by atoms with E-state index in [1.165, 1.54) is 5.56 Å². The van der Waals surface area contributed by atoms with Crippen molar-refractivity contribution in [1.82, 2.24) is 25.0 Å². The molecule has 4 rings (SSSR count). The van der Waals surface area contributed by atoms with E-state index in [1.807, 2.05) is 36.1 Å². The summed E-state index contributed by atoms with van der Waals surface area (Å²) in [6, 6.07) is 12.2. The van der Waals surface area contributed by atoms with Crippen LogP contribution in [0.25, 0.3) is 17.1 Å². The first kappa shape index (κ1) is 17.4. The van der Waals surface area contributed by atoms with Crippen LogP contribution in [0.4, 0.5) is 0 Å². The largest absolute Gasteiger partial charge is 0.336 e. The SMILES string of the molecule is Cc1[nH]nc2ncc(C(=O)N3CCN(CC=Cc4ccccc4)CC3)cc12. The fourth-order valence-electron chi connectivity index (χ4n) is 3.35. The minimum Gasteiger partial charge on any atom is -0.336 e. The van der Waals surface area contributed by atoms with Gasteiger partial charge in [0.25, 0.3) is 5.91 Å². The Labute approximate surface area is 158 Å². The van der Waals surface area contributed by atoms with Crippen LogP contribution in [0.3, 0.4) is 0 Å². The zero-order valence-electron chi connectivity index (χ0n) is 15.4. The lowest BCUT2D eigenvalue weighted by Gasteiger charge is -2.34. The lowest BCUT2D eigenvalue weighted by molar-refractivity contribution is 0.0650. The van der Waals surface area contributed by atoms with Crippen molar-refractivity contribution in [3.63, 3.8) is 0 Å². The van der Waals surface area contributed by atoms with E-state index in [0.717, 1.165) is 43.8 Å². The fourth-order valence-corrected chi connectivity index (χ4v) is 3.35. The lowest BCUT2D eigenvalue weighted by Crippen LogP contribution is -2.48. The normalized spacial score (nSPS) is 15.7. The predicted molar refractivity (Wildman–Crippen MR) is 106 cm³/mol. The summed E-state index contributed by atoms with van der Waals surface area (Å²) in [5.41, 5.74) is 3.43. The molecule has 0 unspecified atom stereocenters. The van der Waals surface area contributed by atoms with Crippen LogP contribution in [0.15, 0.2) is 48.7 Å². The van der Waals surface area contributed by atoms with Crippen LogP contribution < -0.4 is 0 Å². The van der Waals surface area contributed by atoms with Crippen molar-refractivity contribution in [2.45, 2.75) is 6.92 Å². The number of amides is 1. The van der Waals surface area contributed by atoms with Crippen LogP contribution in [0.2, 0.25) is 0 Å². The average Bonchev–Trinajstić information content (AvgIpc) is 3.09. The zero-order chi connectivity index (χ0) is 18.6. The number of piperazine rings is 1. The van der Waals surface area contributed by atoms with Gasteiger partial charge in [-0.1, -0.05) is 42.5 Å². The van der Waals surface area contributed by atoms with E-state index in [0.29, 0.717) is 11.2 Å². The Balaban J connectivity index is 1.33. The van der Waals surface area contributed by atoms with Crippen LogP contribution in [-0.2, 0) is 0 Å². The number of nitrogens with one attached hydrogen (secondary N) is 1. The van der Waals surface area contributed by atoms with Gasteiger partial charge in [0.05, 0.1) is 5.56 Å². The topological polar surface area (TPSA) is 65.1 Å². The lowest BCUT2D eigenvalue weighted by atomic mass is 10.1. The van der Waals surface area contributed by atoms with Crippen molar-refractivity contribution in [3.05, 3.63) is 65.5 Å². The molecular formula is C21H23N5O. The number of carbonyl (C=O) groups is 1. The van der Waals surface area contributed by atoms with Crippen molar-refractivity contribution in [2.24, 2.45) is 0 Å². The minimum atomic E-state index is 0.0458. The van der Waals surface area contributed by atoms with Crippen molar-refractivity contribution < 1.29 is 4.79 Å². The van der Waals surface area contributed by atoms with Crippen molar-refractivity contribution in [2.75, 3.05) is 32.7 Å². The number of H-pyrrole nitrogens is 1. The molecule has 1 fully saturated rings. The molecule has 3 aromatic rings. The number of hydrogen-bond acceptors (Lipinski definition) is 4. The molecule has 1 N–H and O–H groups in total. The van der Waals surface area contributed by atoms with Gasteiger partial charge in [-0.3, -0.25) is 14.8 Å². The summed E-state index contributed by atoms with van der Waals surface area (Å²) in [4.78, 5) is 21.4. The minimum absolute atomic E-state index is 0.0458. The highest BCUT2D eigenvalue weighted by atomic mass is 16.2. The third-order valence-electron chi connectivity index (χ3n) is 4.98. The van der Waals surface area contributed by atoms with Crippen LogP contribution in [-0.4, -0.2) is 63.6 Å². The van der Waals surface area contributed by atoms with Gasteiger partial charge in [-0.15, -0.1) is 0 Å². The van der Waals surface area contributed by atoms with E-state index in [-0.39, 0.29) is 5.91 Å². The average molecular weight is 361 g/mol. The van der Waals surface area contributed by atoms with Crippen LogP contribution >= 0.6 is 0 Å². The summed E-state index contributed by atoms with van der Waals surface area (Å²) in [6.07, 6.45) is 5.96. The Kier molecular flexibility index (Phi) is 4.98. The molecule has 1 aliphatic rings. The second-order valence-corrected chi connectivity index (χ2v) is 6.85. The Morgan fingerprint density at radius 3 is 2.74 bits per heavy atom. The molecule has 138 valence electrons. The van der Waals surface area contributed by atoms with Crippen molar-refractivity contribution in [3.8, 4) is 0 Å². The molecule has 1 aliphatic heterocycles. The van der Waals surface area contributed by atoms with E-state index in [2.05, 4.69) is 44.4 Å². The molecule has 6 nitrogen and oxygen atoms in total. The number of nitrogens with zero attached hydrogens (tertiary/aromatic N) is 4. The van der Waals surface area contributed by atoms with Crippen LogP contribution in [0.1, 0.15) is 21.6 Å². The molecule has 0 saturated carbocycles. The van der Waals surface area contributed by atoms with Gasteiger partial charge < -0.3 is 4.90 Å². The van der Waals surface area contributed by atoms with E-state index < -0.39 is 0 Å². The molecule has 0 bridgehead atoms. The standard InChI is InChI=1S/C21H23N5O/c1-16-19-14-18(15-22-20(19)24-23-16)21(27)26-12-10-25(11-13-26)9-5-8-17-6-3-2-4-7-17/h2-8,14-15H,9-13H2,1H3,(H,22,23,24). The zero-order valence-corrected chi connectivity index (χ0v) is 15.4. The summed E-state index contributed by atoms with van der Waals surface area (Å²) in [6.45, 7) is 6.07. The Hall–Kier alpha value is -2.99. The molecule has 1 amide bonds. The summed E-state index contributed by atoms with van der Waals surface area (Å²) in [5, 5.41) is 7.93. The van der Waals surface area contributed by atoms with E-state index in [9.17, 15) is 4.79 Å². The number of aromatic amines is 1. The highest BCUT2D eigenvalue weighted by Crippen LogP contribution is 2.16. The van der Waals surface area contributed by atoms with Crippen molar-refractivity contribution >= 4 is 23.0 Å². The second kappa shape index (κ2) is 7.72. The van der Waals surface area contributed by atoms with Crippen LogP contribution in [0.5, 0.6) is 0 Å². The maximum absolute atomic E-state index is 12.8. The molecule has 2 aromatic heterocycles. The number of pyridine rings is 1. The molecule has 0 aliphatic carbocycles. The Bertz CT molecular complexity index is 955.